The first kappa shape index (κ1) is 27.6. The van der Waals surface area contributed by atoms with Gasteiger partial charge in [0.05, 0.1) is 5.92 Å². The van der Waals surface area contributed by atoms with Gasteiger partial charge in [-0.05, 0) is 61.1 Å². The monoisotopic (exact) mass is 595 g/mol. The third-order valence-corrected chi connectivity index (χ3v) is 10.4. The van der Waals surface area contributed by atoms with Crippen molar-refractivity contribution in [3.63, 3.8) is 0 Å². The van der Waals surface area contributed by atoms with Crippen molar-refractivity contribution in [3.8, 4) is 0 Å². The Morgan fingerprint density at radius 3 is 2.77 bits per heavy atom. The molecule has 3 fully saturated rings. The summed E-state index contributed by atoms with van der Waals surface area (Å²) in [5.41, 5.74) is 3.63. The largest absolute Gasteiger partial charge is 0.361 e. The fourth-order valence-corrected chi connectivity index (χ4v) is 8.35. The smallest absolute Gasteiger partial charge is 0.280 e. The van der Waals surface area contributed by atoms with Crippen LogP contribution >= 0.6 is 0 Å². The van der Waals surface area contributed by atoms with E-state index in [-0.39, 0.29) is 24.3 Å². The second-order valence-corrected chi connectivity index (χ2v) is 12.9. The first-order chi connectivity index (χ1) is 21.2. The van der Waals surface area contributed by atoms with E-state index in [1.165, 1.54) is 22.8 Å². The molecular weight excluding hydrogens is 558 g/mol. The third kappa shape index (κ3) is 3.87. The summed E-state index contributed by atoms with van der Waals surface area (Å²) in [7, 11) is 0. The van der Waals surface area contributed by atoms with Crippen molar-refractivity contribution in [1.82, 2.24) is 25.0 Å². The number of H-pyrrole nitrogens is 1. The van der Waals surface area contributed by atoms with Crippen molar-refractivity contribution in [2.24, 2.45) is 5.92 Å². The Bertz CT molecular complexity index is 1720. The van der Waals surface area contributed by atoms with Crippen molar-refractivity contribution >= 4 is 34.2 Å². The van der Waals surface area contributed by atoms with Crippen molar-refractivity contribution in [2.45, 2.75) is 69.3 Å². The molecular formula is C34H37N5O5. The maximum absolute atomic E-state index is 14.2. The second kappa shape index (κ2) is 9.76. The molecule has 0 unspecified atom stereocenters. The molecule has 0 saturated carbocycles. The SMILES string of the molecule is CCN1C[C@@H](C(=O)N[C@]2(C)O[C@@]3(O)[C@@H]4CCCN4C(=O)[C@@H](Cc4ccccc4)N3C2=O)C=C2c3cccc4[nH]cc(c34)C[C@H]21. The van der Waals surface area contributed by atoms with Gasteiger partial charge in [-0.1, -0.05) is 55.5 Å². The summed E-state index contributed by atoms with van der Waals surface area (Å²) in [6.45, 7) is 5.35. The zero-order chi connectivity index (χ0) is 30.4. The number of aliphatic hydroxyl groups is 1. The minimum absolute atomic E-state index is 0.158. The average molecular weight is 596 g/mol. The highest BCUT2D eigenvalue weighted by atomic mass is 16.7. The molecule has 2 aromatic carbocycles. The summed E-state index contributed by atoms with van der Waals surface area (Å²) in [5.74, 6) is -3.75. The van der Waals surface area contributed by atoms with Gasteiger partial charge in [0.2, 0.25) is 17.5 Å². The number of rotatable bonds is 5. The Hall–Kier alpha value is -3.99. The Morgan fingerprint density at radius 2 is 1.98 bits per heavy atom. The van der Waals surface area contributed by atoms with E-state index >= 15 is 0 Å². The van der Waals surface area contributed by atoms with Crippen LogP contribution in [0.4, 0.5) is 0 Å². The molecule has 3 aromatic rings. The number of ether oxygens (including phenoxy) is 1. The zero-order valence-corrected chi connectivity index (χ0v) is 25.0. The van der Waals surface area contributed by atoms with Gasteiger partial charge < -0.3 is 20.3 Å². The predicted octanol–water partition coefficient (Wildman–Crippen LogP) is 2.38. The molecule has 8 rings (SSSR count). The van der Waals surface area contributed by atoms with Gasteiger partial charge in [-0.2, -0.15) is 0 Å². The normalized spacial score (nSPS) is 32.8. The number of carbonyl (C=O) groups excluding carboxylic acids is 3. The second-order valence-electron chi connectivity index (χ2n) is 12.9. The Balaban J connectivity index is 1.12. The maximum Gasteiger partial charge on any atom is 0.280 e. The van der Waals surface area contributed by atoms with Gasteiger partial charge >= 0.3 is 0 Å². The van der Waals surface area contributed by atoms with Crippen LogP contribution in [-0.4, -0.2) is 91.9 Å². The Labute approximate surface area is 255 Å². The average Bonchev–Trinajstić information content (AvgIpc) is 3.73. The van der Waals surface area contributed by atoms with Gasteiger partial charge in [0, 0.05) is 42.7 Å². The van der Waals surface area contributed by atoms with Gasteiger partial charge in [0.15, 0.2) is 0 Å². The molecule has 44 heavy (non-hydrogen) atoms. The summed E-state index contributed by atoms with van der Waals surface area (Å²) < 4.78 is 6.25. The molecule has 0 radical (unpaired) electrons. The number of hydrogen-bond acceptors (Lipinski definition) is 6. The number of aromatic amines is 1. The lowest BCUT2D eigenvalue weighted by Gasteiger charge is -2.48. The number of nitrogens with one attached hydrogen (secondary N) is 2. The number of benzene rings is 2. The van der Waals surface area contributed by atoms with E-state index in [1.807, 2.05) is 42.5 Å². The van der Waals surface area contributed by atoms with Crippen molar-refractivity contribution < 1.29 is 24.2 Å². The van der Waals surface area contributed by atoms with Crippen LogP contribution in [0.3, 0.4) is 0 Å². The van der Waals surface area contributed by atoms with E-state index in [0.717, 1.165) is 35.2 Å². The van der Waals surface area contributed by atoms with Gasteiger partial charge in [0.25, 0.3) is 11.8 Å². The standard InChI is InChI=1S/C34H37N5O5/c1-3-37-19-22(16-24-23-11-7-12-25-29(23)21(18-35-25)17-26(24)37)30(40)36-33(2)32(42)39-27(15-20-9-5-4-6-10-20)31(41)38-14-8-13-28(38)34(39,43)44-33/h4-7,9-12,16,18,22,26-28,35,43H,3,8,13-15,17,19H2,1-2H3,(H,36,40)/t22-,26+,27+,28-,33+,34-/m0/s1. The predicted molar refractivity (Wildman–Crippen MR) is 163 cm³/mol. The molecule has 4 aliphatic heterocycles. The fourth-order valence-electron chi connectivity index (χ4n) is 8.35. The Morgan fingerprint density at radius 1 is 1.16 bits per heavy atom. The van der Waals surface area contributed by atoms with Crippen LogP contribution in [0.5, 0.6) is 0 Å². The van der Waals surface area contributed by atoms with E-state index in [2.05, 4.69) is 40.5 Å². The quantitative estimate of drug-likeness (QED) is 0.417. The van der Waals surface area contributed by atoms with Gasteiger partial charge in [-0.15, -0.1) is 0 Å². The van der Waals surface area contributed by atoms with E-state index < -0.39 is 35.5 Å². The molecule has 1 aliphatic carbocycles. The first-order valence-corrected chi connectivity index (χ1v) is 15.7. The number of nitrogens with zero attached hydrogens (tertiary/aromatic N) is 3. The lowest BCUT2D eigenvalue weighted by Crippen LogP contribution is -2.71. The summed E-state index contributed by atoms with van der Waals surface area (Å²) in [6.07, 6.45) is 6.43. The van der Waals surface area contributed by atoms with E-state index in [9.17, 15) is 19.5 Å². The van der Waals surface area contributed by atoms with Crippen LogP contribution in [0.15, 0.2) is 60.8 Å². The van der Waals surface area contributed by atoms with E-state index in [4.69, 9.17) is 4.74 Å². The van der Waals surface area contributed by atoms with Crippen molar-refractivity contribution in [3.05, 3.63) is 77.5 Å². The number of piperazine rings is 1. The molecule has 0 spiro atoms. The highest BCUT2D eigenvalue weighted by Crippen LogP contribution is 2.46. The molecule has 3 saturated heterocycles. The highest BCUT2D eigenvalue weighted by Gasteiger charge is 2.70. The molecule has 6 atom stereocenters. The van der Waals surface area contributed by atoms with Crippen LogP contribution in [0, 0.1) is 5.92 Å². The number of amides is 3. The zero-order valence-electron chi connectivity index (χ0n) is 25.0. The molecule has 1 aromatic heterocycles. The first-order valence-electron chi connectivity index (χ1n) is 15.7. The van der Waals surface area contributed by atoms with Gasteiger partial charge in [-0.3, -0.25) is 28.9 Å². The lowest BCUT2D eigenvalue weighted by atomic mass is 9.79. The topological polar surface area (TPSA) is 118 Å². The third-order valence-electron chi connectivity index (χ3n) is 10.4. The molecule has 5 heterocycles. The molecule has 0 bridgehead atoms. The van der Waals surface area contributed by atoms with Crippen LogP contribution in [0.25, 0.3) is 16.5 Å². The summed E-state index contributed by atoms with van der Waals surface area (Å²) in [5, 5.41) is 16.2. The fraction of sp³-hybridized carbons (Fsp3) is 0.441. The summed E-state index contributed by atoms with van der Waals surface area (Å²) >= 11 is 0. The molecule has 10 heteroatoms. The lowest BCUT2D eigenvalue weighted by molar-refractivity contribution is -0.315. The number of fused-ring (bicyclic) bond motifs is 5. The van der Waals surface area contributed by atoms with Crippen LogP contribution in [0.2, 0.25) is 0 Å². The van der Waals surface area contributed by atoms with Crippen LogP contribution in [0.1, 0.15) is 43.4 Å². The number of hydrogen-bond donors (Lipinski definition) is 3. The van der Waals surface area contributed by atoms with Crippen molar-refractivity contribution in [1.29, 1.82) is 0 Å². The van der Waals surface area contributed by atoms with Crippen LogP contribution < -0.4 is 5.32 Å². The molecule has 228 valence electrons. The van der Waals surface area contributed by atoms with Gasteiger partial charge in [-0.25, -0.2) is 0 Å². The Kier molecular flexibility index (Phi) is 6.11. The summed E-state index contributed by atoms with van der Waals surface area (Å²) in [4.78, 5) is 50.6. The molecule has 5 aliphatic rings. The van der Waals surface area contributed by atoms with Gasteiger partial charge in [0.1, 0.15) is 12.1 Å². The highest BCUT2D eigenvalue weighted by molar-refractivity contribution is 6.01. The number of likely N-dealkylation sites (N-methyl/N-ethyl adjacent to an activating group) is 1. The molecule has 3 N–H and O–H groups in total. The molecule has 3 amide bonds. The van der Waals surface area contributed by atoms with Crippen LogP contribution in [-0.2, 0) is 32.0 Å². The molecule has 10 nitrogen and oxygen atoms in total. The number of carbonyl (C=O) groups is 3. The number of aromatic nitrogens is 1. The summed E-state index contributed by atoms with van der Waals surface area (Å²) in [6, 6.07) is 14.2. The van der Waals surface area contributed by atoms with Crippen molar-refractivity contribution in [2.75, 3.05) is 19.6 Å². The minimum atomic E-state index is -2.04. The van der Waals surface area contributed by atoms with E-state index in [0.29, 0.717) is 25.9 Å². The minimum Gasteiger partial charge on any atom is -0.361 e. The van der Waals surface area contributed by atoms with E-state index in [1.54, 1.807) is 4.90 Å². The maximum atomic E-state index is 14.2.